The van der Waals surface area contributed by atoms with Gasteiger partial charge in [0.25, 0.3) is 47.3 Å². The topological polar surface area (TPSA) is 774 Å². The molecule has 31 N–H and O–H groups in total. The second-order valence-electron chi connectivity index (χ2n) is 33.6. The molecule has 3 rings (SSSR count). The van der Waals surface area contributed by atoms with Gasteiger partial charge < -0.3 is 130 Å². The van der Waals surface area contributed by atoms with Gasteiger partial charge in [0.2, 0.25) is 35.4 Å². The number of H-pyrrole nitrogens is 1. The summed E-state index contributed by atoms with van der Waals surface area (Å²) >= 11 is 0. The number of nitrogens with one attached hydrogen (secondary N) is 21. The first-order valence-electron chi connectivity index (χ1n) is 43.1. The molecule has 131 heavy (non-hydrogen) atoms. The summed E-state index contributed by atoms with van der Waals surface area (Å²) in [7, 11) is 0. The average molecular weight is 1850 g/mol. The number of hydrogen-bond acceptors (Lipinski definition) is 31. The lowest BCUT2D eigenvalue weighted by Gasteiger charge is -2.35. The summed E-state index contributed by atoms with van der Waals surface area (Å²) in [5, 5.41) is 56.1. The van der Waals surface area contributed by atoms with Gasteiger partial charge in [0.05, 0.1) is 48.3 Å². The van der Waals surface area contributed by atoms with Crippen molar-refractivity contribution in [2.75, 3.05) is 6.54 Å². The van der Waals surface area contributed by atoms with Crippen LogP contribution in [0.25, 0.3) is 10.9 Å². The van der Waals surface area contributed by atoms with Crippen LogP contribution >= 0.6 is 0 Å². The molecule has 0 aliphatic carbocycles. The van der Waals surface area contributed by atoms with Crippen molar-refractivity contribution in [3.8, 4) is 0 Å². The minimum Gasteiger partial charge on any atom is -0.370 e. The maximum atomic E-state index is 15.7. The number of primary amides is 4. The molecule has 0 fully saturated rings. The lowest BCUT2D eigenvalue weighted by atomic mass is 9.92. The normalized spacial score (nSPS) is 22.5. The molecule has 0 saturated carbocycles. The predicted molar refractivity (Wildman–Crippen MR) is 474 cm³/mol. The summed E-state index contributed by atoms with van der Waals surface area (Å²) in [5.74, 6) is -19.0. The Kier molecular flexibility index (Phi) is 50.0. The molecule has 726 valence electrons. The minimum absolute atomic E-state index is 0.0111. The molecule has 0 radical (unpaired) electrons. The third kappa shape index (κ3) is 41.8. The highest BCUT2D eigenvalue weighted by Gasteiger charge is 2.44. The van der Waals surface area contributed by atoms with Crippen molar-refractivity contribution in [1.29, 1.82) is 5.41 Å². The van der Waals surface area contributed by atoms with Crippen LogP contribution in [0.15, 0.2) is 42.6 Å². The van der Waals surface area contributed by atoms with Crippen molar-refractivity contribution in [1.82, 2.24) is 106 Å². The standard InChI is InChI=1S/C83H132N26O22/c1-45(2)30-52(39-112)95-66-73(124)103-68(98-55(42-115)33-49-36-91-59-24-18-17-23-58(49)59)74(125)101-65(92-50(37-110)22-21-29-90-81(88)89)72(123)102-67(96-53(40-113)31-46(3)4)75(126)105-71(97-54(41-114)32-47(5)6)78(129)109-83(9,80(131)106-69(93-51(38-111)25-26-60(84)119)76(127)100-64(63(87)122)94-56(43-116)34-61(85)120)28-20-16-14-12-10-11-13-15-19-27-82(8,108-48(7)118)79(130)107-70(77(128)104-66)99-57(44-117)35-62(86)121/h12,14,17-18,23-24,36-47,50-57,64-71,91-99H,10-11,13,15-16,19-22,25-35H2,1-9H3,(H2,84,119)(H2,85,120)(H2,86,121)(H2,87,122)(H,100,127)(H,101,125)(H,102,123)(H,103,124)(H,104,128)(H,105,126)(H,106,131)(H,107,130)(H,108,118)(H,109,129)(H4,88,89,90)/b14-12+/t50-,51-,52-,53-,54-,55-,56-,57-,64-,65-,66-,67-,68-,69-,70-,71-,82-,83+/m1/s1. The molecular weight excluding hydrogens is 1710 g/mol. The van der Waals surface area contributed by atoms with Crippen molar-refractivity contribution in [3.63, 3.8) is 0 Å². The number of amides is 14. The summed E-state index contributed by atoms with van der Waals surface area (Å²) < 4.78 is 0. The first-order valence-corrected chi connectivity index (χ1v) is 43.1. The van der Waals surface area contributed by atoms with Gasteiger partial charge in [0.15, 0.2) is 55.3 Å². The summed E-state index contributed by atoms with van der Waals surface area (Å²) in [4.78, 5) is 307. The molecule has 0 bridgehead atoms. The zero-order chi connectivity index (χ0) is 98.3. The fourth-order valence-corrected chi connectivity index (χ4v) is 13.9. The summed E-state index contributed by atoms with van der Waals surface area (Å²) in [5.41, 5.74) is 24.2. The van der Waals surface area contributed by atoms with E-state index in [4.69, 9.17) is 34.1 Å². The number of nitrogens with two attached hydrogens (primary N) is 5. The van der Waals surface area contributed by atoms with Crippen LogP contribution in [-0.4, -0.2) is 259 Å². The van der Waals surface area contributed by atoms with Crippen molar-refractivity contribution < 1.29 is 105 Å². The number of guanidine groups is 1. The van der Waals surface area contributed by atoms with Crippen molar-refractivity contribution >= 4 is 150 Å². The Bertz CT molecular complexity index is 4280. The summed E-state index contributed by atoms with van der Waals surface area (Å²) in [6, 6.07) is -5.08. The van der Waals surface area contributed by atoms with E-state index in [0.29, 0.717) is 73.6 Å². The van der Waals surface area contributed by atoms with Gasteiger partial charge in [-0.2, -0.15) is 0 Å². The lowest BCUT2D eigenvalue weighted by Crippen LogP contribution is -2.71. The van der Waals surface area contributed by atoms with Crippen LogP contribution in [0, 0.1) is 23.2 Å². The summed E-state index contributed by atoms with van der Waals surface area (Å²) in [6.07, 6.45) is -12.0. The monoisotopic (exact) mass is 1850 g/mol. The zero-order valence-corrected chi connectivity index (χ0v) is 75.1. The number of para-hydroxylation sites is 1. The Hall–Kier alpha value is -12.6. The van der Waals surface area contributed by atoms with Crippen LogP contribution in [0.4, 0.5) is 0 Å². The van der Waals surface area contributed by atoms with E-state index in [1.807, 2.05) is 0 Å². The van der Waals surface area contributed by atoms with Gasteiger partial charge in [-0.25, -0.2) is 0 Å². The number of aromatic amines is 1. The first kappa shape index (κ1) is 113. The van der Waals surface area contributed by atoms with E-state index < -0.39 is 230 Å². The number of aldehydes is 8. The largest absolute Gasteiger partial charge is 0.370 e. The number of allylic oxidation sites excluding steroid dienone is 2. The molecule has 48 heteroatoms. The van der Waals surface area contributed by atoms with Crippen LogP contribution in [0.3, 0.4) is 0 Å². The first-order chi connectivity index (χ1) is 61.9. The number of carbonyl (C=O) groups is 22. The van der Waals surface area contributed by atoms with Crippen molar-refractivity contribution in [2.24, 2.45) is 46.4 Å². The van der Waals surface area contributed by atoms with Crippen molar-refractivity contribution in [3.05, 3.63) is 48.2 Å². The number of carbonyl (C=O) groups excluding carboxylic acids is 22. The number of fused-ring (bicyclic) bond motifs is 1. The zero-order valence-electron chi connectivity index (χ0n) is 75.1. The number of benzene rings is 1. The lowest BCUT2D eigenvalue weighted by molar-refractivity contribution is -0.140. The van der Waals surface area contributed by atoms with Crippen LogP contribution in [0.2, 0.25) is 0 Å². The van der Waals surface area contributed by atoms with Gasteiger partial charge in [-0.05, 0) is 127 Å². The molecule has 1 aromatic carbocycles. The van der Waals surface area contributed by atoms with Gasteiger partial charge in [-0.15, -0.1) is 0 Å². The van der Waals surface area contributed by atoms with Crippen LogP contribution in [0.5, 0.6) is 0 Å². The third-order valence-electron chi connectivity index (χ3n) is 20.5. The van der Waals surface area contributed by atoms with Crippen molar-refractivity contribution in [2.45, 2.75) is 293 Å². The molecular formula is C83H132N26O22. The Labute approximate surface area is 757 Å². The van der Waals surface area contributed by atoms with Crippen LogP contribution < -0.4 is 130 Å². The molecule has 2 heterocycles. The van der Waals surface area contributed by atoms with Gasteiger partial charge in [-0.3, -0.25) is 115 Å². The molecule has 18 atom stereocenters. The highest BCUT2D eigenvalue weighted by atomic mass is 16.2. The maximum Gasteiger partial charge on any atom is 0.259 e. The Morgan fingerprint density at radius 2 is 0.908 bits per heavy atom. The van der Waals surface area contributed by atoms with Gasteiger partial charge in [0, 0.05) is 49.8 Å². The van der Waals surface area contributed by atoms with E-state index in [2.05, 4.69) is 106 Å². The number of rotatable bonds is 49. The average Bonchev–Trinajstić information content (AvgIpc) is 1.72. The maximum absolute atomic E-state index is 15.7. The van der Waals surface area contributed by atoms with E-state index >= 15 is 33.6 Å². The SMILES string of the molecule is CC(=O)N[C@]1(C)CCCCCC/C=C/CCC[C@@](C)(C(=O)N[C@@H](N[C@@H](C=O)CCC(N)=O)C(=O)N[C@@H](N[C@@H](C=O)CC(N)=O)C(N)=O)NC(=O)[C@H](N[C@@H](C=O)CC(C)C)NC(=O)[C@H](N[C@@H](C=O)CC(C)C)NC(=O)[C@H](N[C@@H](C=O)CCCNC(=N)N)NC(=O)[C@H](N[C@@H](C=O)Cc2c[nH]c3ccccc23)NC(=O)[C@H](N[C@@H](C=O)CC(C)C)NC(=O)[C@H](N[C@@H](C=O)CC(N)=O)NC1=O. The fourth-order valence-electron chi connectivity index (χ4n) is 13.9. The molecule has 1 aromatic heterocycles. The Morgan fingerprint density at radius 3 is 1.36 bits per heavy atom. The van der Waals surface area contributed by atoms with Crippen LogP contribution in [-0.2, 0) is 112 Å². The highest BCUT2D eigenvalue weighted by Crippen LogP contribution is 2.22. The molecule has 1 aliphatic heterocycles. The molecule has 1 aliphatic rings. The fraction of sp³-hybridized carbons (Fsp3) is 0.602. The van der Waals surface area contributed by atoms with E-state index in [9.17, 15) is 71.9 Å². The Morgan fingerprint density at radius 1 is 0.481 bits per heavy atom. The van der Waals surface area contributed by atoms with E-state index in [-0.39, 0.29) is 107 Å². The quantitative estimate of drug-likeness (QED) is 0.00731. The third-order valence-corrected chi connectivity index (χ3v) is 20.5. The van der Waals surface area contributed by atoms with E-state index in [1.165, 1.54) is 6.92 Å². The number of aromatic nitrogens is 1. The molecule has 0 spiro atoms. The van der Waals surface area contributed by atoms with Gasteiger partial charge in [0.1, 0.15) is 61.4 Å². The van der Waals surface area contributed by atoms with E-state index in [0.717, 1.165) is 13.8 Å². The minimum atomic E-state index is -2.35. The smallest absolute Gasteiger partial charge is 0.259 e. The molecule has 48 nitrogen and oxygen atoms in total. The highest BCUT2D eigenvalue weighted by molar-refractivity contribution is 6.01. The summed E-state index contributed by atoms with van der Waals surface area (Å²) in [6.45, 7) is 13.7. The second kappa shape index (κ2) is 58.1. The van der Waals surface area contributed by atoms with E-state index in [1.54, 1.807) is 84.2 Å². The van der Waals surface area contributed by atoms with Gasteiger partial charge >= 0.3 is 0 Å². The molecule has 2 aromatic rings. The second-order valence-corrected chi connectivity index (χ2v) is 33.6. The molecule has 0 unspecified atom stereocenters. The Balaban J connectivity index is 2.63. The number of hydrogen-bond donors (Lipinski definition) is 26. The predicted octanol–water partition coefficient (Wildman–Crippen LogP) is -7.74. The van der Waals surface area contributed by atoms with Crippen LogP contribution in [0.1, 0.15) is 183 Å². The van der Waals surface area contributed by atoms with Gasteiger partial charge in [-0.1, -0.05) is 91.2 Å². The molecule has 0 saturated heterocycles. The molecule has 14 amide bonds.